The Hall–Kier alpha value is -3.09. The number of hydrogen-bond donors (Lipinski definition) is 1. The number of hydrogen-bond acceptors (Lipinski definition) is 4. The van der Waals surface area contributed by atoms with Gasteiger partial charge in [0.25, 0.3) is 0 Å². The maximum atomic E-state index is 13.7. The van der Waals surface area contributed by atoms with Crippen molar-refractivity contribution in [1.29, 1.82) is 0 Å². The van der Waals surface area contributed by atoms with Crippen LogP contribution in [-0.4, -0.2) is 16.1 Å². The maximum Gasteiger partial charge on any atom is 0.225 e. The van der Waals surface area contributed by atoms with E-state index in [1.54, 1.807) is 6.92 Å². The molecule has 1 aromatic heterocycles. The van der Waals surface area contributed by atoms with Gasteiger partial charge in [-0.2, -0.15) is 0 Å². The van der Waals surface area contributed by atoms with Crippen LogP contribution < -0.4 is 5.32 Å². The van der Waals surface area contributed by atoms with Gasteiger partial charge in [0.15, 0.2) is 0 Å². The third-order valence-electron chi connectivity index (χ3n) is 3.64. The van der Waals surface area contributed by atoms with Crippen LogP contribution in [0.3, 0.4) is 0 Å². The molecule has 0 fully saturated rings. The highest BCUT2D eigenvalue weighted by Crippen LogP contribution is 2.27. The zero-order chi connectivity index (χ0) is 17.8. The first kappa shape index (κ1) is 16.8. The quantitative estimate of drug-likeness (QED) is 0.765. The molecule has 3 rings (SSSR count). The molecule has 5 nitrogen and oxygen atoms in total. The van der Waals surface area contributed by atoms with Crippen LogP contribution in [-0.2, 0) is 4.79 Å². The number of nitrogens with zero attached hydrogens (tertiary/aromatic N) is 2. The number of nitrogens with one attached hydrogen (secondary N) is 1. The summed E-state index contributed by atoms with van der Waals surface area (Å²) in [4.78, 5) is 12.4. The fourth-order valence-corrected chi connectivity index (χ4v) is 2.46. The molecule has 1 N–H and O–H groups in total. The van der Waals surface area contributed by atoms with E-state index in [9.17, 15) is 13.6 Å². The van der Waals surface area contributed by atoms with Gasteiger partial charge in [0.05, 0.1) is 11.6 Å². The van der Waals surface area contributed by atoms with E-state index in [0.29, 0.717) is 17.8 Å². The van der Waals surface area contributed by atoms with Crippen LogP contribution in [0.1, 0.15) is 29.7 Å². The average Bonchev–Trinajstić information content (AvgIpc) is 3.02. The molecule has 2 aromatic carbocycles. The Morgan fingerprint density at radius 3 is 2.56 bits per heavy atom. The molecule has 0 saturated heterocycles. The van der Waals surface area contributed by atoms with Gasteiger partial charge < -0.3 is 9.73 Å². The smallest absolute Gasteiger partial charge is 0.225 e. The third kappa shape index (κ3) is 4.06. The van der Waals surface area contributed by atoms with Gasteiger partial charge in [-0.25, -0.2) is 8.78 Å². The second kappa shape index (κ2) is 7.21. The van der Waals surface area contributed by atoms with Crippen molar-refractivity contribution in [2.45, 2.75) is 19.3 Å². The lowest BCUT2D eigenvalue weighted by atomic mass is 9.95. The number of halogens is 2. The first-order valence-corrected chi connectivity index (χ1v) is 7.63. The van der Waals surface area contributed by atoms with E-state index in [1.807, 2.05) is 30.3 Å². The minimum atomic E-state index is -0.835. The van der Waals surface area contributed by atoms with Crippen LogP contribution in [0.25, 0.3) is 0 Å². The predicted octanol–water partition coefficient (Wildman–Crippen LogP) is 3.82. The lowest BCUT2D eigenvalue weighted by Gasteiger charge is -2.14. The SMILES string of the molecule is Cc1nnc(C(CC(=O)Nc2ccc(F)cc2F)c2ccccc2)o1. The number of amides is 1. The van der Waals surface area contributed by atoms with Crippen molar-refractivity contribution in [3.8, 4) is 0 Å². The summed E-state index contributed by atoms with van der Waals surface area (Å²) in [6.07, 6.45) is -0.0253. The fourth-order valence-electron chi connectivity index (χ4n) is 2.46. The molecule has 3 aromatic rings. The summed E-state index contributed by atoms with van der Waals surface area (Å²) in [5, 5.41) is 10.2. The zero-order valence-corrected chi connectivity index (χ0v) is 13.4. The molecular formula is C18H15F2N3O2. The molecule has 1 unspecified atom stereocenters. The topological polar surface area (TPSA) is 68.0 Å². The summed E-state index contributed by atoms with van der Waals surface area (Å²) >= 11 is 0. The van der Waals surface area contributed by atoms with Gasteiger partial charge in [0, 0.05) is 19.4 Å². The van der Waals surface area contributed by atoms with E-state index < -0.39 is 23.5 Å². The standard InChI is InChI=1S/C18H15F2N3O2/c1-11-22-23-18(25-11)14(12-5-3-2-4-6-12)10-17(24)21-16-8-7-13(19)9-15(16)20/h2-9,14H,10H2,1H3,(H,21,24). The third-order valence-corrected chi connectivity index (χ3v) is 3.64. The van der Waals surface area contributed by atoms with Gasteiger partial charge in [-0.1, -0.05) is 30.3 Å². The molecule has 0 bridgehead atoms. The summed E-state index contributed by atoms with van der Waals surface area (Å²) in [5.41, 5.74) is 0.737. The fraction of sp³-hybridized carbons (Fsp3) is 0.167. The second-order valence-electron chi connectivity index (χ2n) is 5.50. The van der Waals surface area contributed by atoms with Crippen molar-refractivity contribution in [2.24, 2.45) is 0 Å². The van der Waals surface area contributed by atoms with Gasteiger partial charge in [-0.15, -0.1) is 10.2 Å². The number of anilines is 1. The minimum absolute atomic E-state index is 0.0253. The van der Waals surface area contributed by atoms with Gasteiger partial charge in [-0.05, 0) is 17.7 Å². The molecule has 0 aliphatic rings. The van der Waals surface area contributed by atoms with E-state index >= 15 is 0 Å². The van der Waals surface area contributed by atoms with Crippen molar-refractivity contribution in [2.75, 3.05) is 5.32 Å². The molecule has 1 atom stereocenters. The van der Waals surface area contributed by atoms with E-state index in [-0.39, 0.29) is 12.1 Å². The number of rotatable bonds is 5. The first-order valence-electron chi connectivity index (χ1n) is 7.63. The highest BCUT2D eigenvalue weighted by Gasteiger charge is 2.24. The lowest BCUT2D eigenvalue weighted by molar-refractivity contribution is -0.116. The van der Waals surface area contributed by atoms with Crippen molar-refractivity contribution >= 4 is 11.6 Å². The van der Waals surface area contributed by atoms with Crippen LogP contribution >= 0.6 is 0 Å². The molecular weight excluding hydrogens is 328 g/mol. The lowest BCUT2D eigenvalue weighted by Crippen LogP contribution is -2.17. The van der Waals surface area contributed by atoms with Crippen molar-refractivity contribution in [3.05, 3.63) is 77.5 Å². The van der Waals surface area contributed by atoms with E-state index in [0.717, 1.165) is 11.6 Å². The Balaban J connectivity index is 1.81. The highest BCUT2D eigenvalue weighted by atomic mass is 19.1. The average molecular weight is 343 g/mol. The predicted molar refractivity (Wildman–Crippen MR) is 86.9 cm³/mol. The van der Waals surface area contributed by atoms with E-state index in [4.69, 9.17) is 4.42 Å². The van der Waals surface area contributed by atoms with E-state index in [1.165, 1.54) is 6.07 Å². The normalized spacial score (nSPS) is 12.0. The van der Waals surface area contributed by atoms with Gasteiger partial charge in [0.2, 0.25) is 17.7 Å². The summed E-state index contributed by atoms with van der Waals surface area (Å²) < 4.78 is 32.1. The second-order valence-corrected chi connectivity index (χ2v) is 5.50. The highest BCUT2D eigenvalue weighted by molar-refractivity contribution is 5.91. The largest absolute Gasteiger partial charge is 0.425 e. The molecule has 128 valence electrons. The number of aromatic nitrogens is 2. The van der Waals surface area contributed by atoms with Crippen LogP contribution in [0.5, 0.6) is 0 Å². The number of carbonyl (C=O) groups is 1. The van der Waals surface area contributed by atoms with Crippen molar-refractivity contribution in [1.82, 2.24) is 10.2 Å². The molecule has 1 amide bonds. The van der Waals surface area contributed by atoms with Crippen molar-refractivity contribution < 1.29 is 18.0 Å². The molecule has 25 heavy (non-hydrogen) atoms. The van der Waals surface area contributed by atoms with Gasteiger partial charge in [-0.3, -0.25) is 4.79 Å². The molecule has 0 radical (unpaired) electrons. The number of carbonyl (C=O) groups excluding carboxylic acids is 1. The summed E-state index contributed by atoms with van der Waals surface area (Å²) in [7, 11) is 0. The Kier molecular flexibility index (Phi) is 4.83. The maximum absolute atomic E-state index is 13.7. The monoisotopic (exact) mass is 343 g/mol. The number of aryl methyl sites for hydroxylation is 1. The summed E-state index contributed by atoms with van der Waals surface area (Å²) in [6, 6.07) is 12.2. The Morgan fingerprint density at radius 2 is 1.92 bits per heavy atom. The van der Waals surface area contributed by atoms with E-state index in [2.05, 4.69) is 15.5 Å². The Bertz CT molecular complexity index is 881. The summed E-state index contributed by atoms with van der Waals surface area (Å²) in [6.45, 7) is 1.66. The molecule has 1 heterocycles. The summed E-state index contributed by atoms with van der Waals surface area (Å²) in [5.74, 6) is -1.77. The molecule has 0 saturated carbocycles. The molecule has 0 spiro atoms. The van der Waals surface area contributed by atoms with Crippen molar-refractivity contribution in [3.63, 3.8) is 0 Å². The molecule has 7 heteroatoms. The van der Waals surface area contributed by atoms with Gasteiger partial charge in [0.1, 0.15) is 11.6 Å². The first-order chi connectivity index (χ1) is 12.0. The number of benzene rings is 2. The molecule has 0 aliphatic heterocycles. The Morgan fingerprint density at radius 1 is 1.16 bits per heavy atom. The van der Waals surface area contributed by atoms with Crippen LogP contribution in [0.15, 0.2) is 52.9 Å². The van der Waals surface area contributed by atoms with Crippen LogP contribution in [0.2, 0.25) is 0 Å². The zero-order valence-electron chi connectivity index (χ0n) is 13.4. The van der Waals surface area contributed by atoms with Gasteiger partial charge >= 0.3 is 0 Å². The van der Waals surface area contributed by atoms with Crippen LogP contribution in [0.4, 0.5) is 14.5 Å². The minimum Gasteiger partial charge on any atom is -0.425 e. The molecule has 0 aliphatic carbocycles. The Labute approximate surface area is 142 Å². The van der Waals surface area contributed by atoms with Crippen LogP contribution in [0, 0.1) is 18.6 Å².